The van der Waals surface area contributed by atoms with Crippen LogP contribution >= 0.6 is 0 Å². The molecule has 18 heavy (non-hydrogen) atoms. The Balaban J connectivity index is 2.04. The zero-order chi connectivity index (χ0) is 13.0. The first kappa shape index (κ1) is 12.8. The van der Waals surface area contributed by atoms with E-state index in [0.717, 1.165) is 31.9 Å². The summed E-state index contributed by atoms with van der Waals surface area (Å²) >= 11 is 0. The maximum Gasteiger partial charge on any atom is 0.255 e. The molecule has 0 unspecified atom stereocenters. The third-order valence-electron chi connectivity index (χ3n) is 3.33. The van der Waals surface area contributed by atoms with Crippen molar-refractivity contribution < 1.29 is 9.53 Å². The van der Waals surface area contributed by atoms with Gasteiger partial charge in [0.2, 0.25) is 0 Å². The standard InChI is InChI=1S/C13H19N3O2/c1-14-12-4-3-10(9-15-12)13(17)16(2)11-5-7-18-8-6-11/h3-4,9,11H,5-8H2,1-2H3,(H,14,15). The molecule has 1 fully saturated rings. The summed E-state index contributed by atoms with van der Waals surface area (Å²) in [6, 6.07) is 3.89. The maximum atomic E-state index is 12.3. The highest BCUT2D eigenvalue weighted by molar-refractivity contribution is 5.94. The lowest BCUT2D eigenvalue weighted by Gasteiger charge is -2.31. The van der Waals surface area contributed by atoms with E-state index in [1.54, 1.807) is 24.2 Å². The van der Waals surface area contributed by atoms with Crippen molar-refractivity contribution in [1.29, 1.82) is 0 Å². The van der Waals surface area contributed by atoms with E-state index in [4.69, 9.17) is 4.74 Å². The topological polar surface area (TPSA) is 54.5 Å². The van der Waals surface area contributed by atoms with Gasteiger partial charge in [0.1, 0.15) is 5.82 Å². The van der Waals surface area contributed by atoms with Crippen LogP contribution in [0.1, 0.15) is 23.2 Å². The summed E-state index contributed by atoms with van der Waals surface area (Å²) in [5, 5.41) is 2.93. The number of pyridine rings is 1. The molecule has 0 aromatic carbocycles. The first-order valence-electron chi connectivity index (χ1n) is 6.21. The molecule has 1 aliphatic rings. The highest BCUT2D eigenvalue weighted by atomic mass is 16.5. The summed E-state index contributed by atoms with van der Waals surface area (Å²) in [5.41, 5.74) is 0.628. The number of nitrogens with zero attached hydrogens (tertiary/aromatic N) is 2. The van der Waals surface area contributed by atoms with Gasteiger partial charge >= 0.3 is 0 Å². The minimum absolute atomic E-state index is 0.0250. The SMILES string of the molecule is CNc1ccc(C(=O)N(C)C2CCOCC2)cn1. The van der Waals surface area contributed by atoms with Gasteiger partial charge in [0.25, 0.3) is 5.91 Å². The summed E-state index contributed by atoms with van der Waals surface area (Å²) in [7, 11) is 3.66. The molecule has 0 bridgehead atoms. The van der Waals surface area contributed by atoms with Crippen LogP contribution in [-0.2, 0) is 4.74 Å². The number of anilines is 1. The van der Waals surface area contributed by atoms with Gasteiger partial charge in [0, 0.05) is 39.5 Å². The van der Waals surface area contributed by atoms with Gasteiger partial charge in [0.15, 0.2) is 0 Å². The molecule has 0 aliphatic carbocycles. The first-order valence-corrected chi connectivity index (χ1v) is 6.21. The molecule has 98 valence electrons. The molecule has 0 spiro atoms. The quantitative estimate of drug-likeness (QED) is 0.879. The van der Waals surface area contributed by atoms with Crippen LogP contribution in [-0.4, -0.2) is 49.1 Å². The molecule has 1 aromatic rings. The number of nitrogens with one attached hydrogen (secondary N) is 1. The van der Waals surface area contributed by atoms with Crippen LogP contribution < -0.4 is 5.32 Å². The Morgan fingerprint density at radius 1 is 1.44 bits per heavy atom. The fourth-order valence-corrected chi connectivity index (χ4v) is 2.11. The fourth-order valence-electron chi connectivity index (χ4n) is 2.11. The van der Waals surface area contributed by atoms with Gasteiger partial charge < -0.3 is 15.0 Å². The molecule has 0 radical (unpaired) electrons. The lowest BCUT2D eigenvalue weighted by atomic mass is 10.1. The number of hydrogen-bond donors (Lipinski definition) is 1. The number of hydrogen-bond acceptors (Lipinski definition) is 4. The molecule has 1 aromatic heterocycles. The number of carbonyl (C=O) groups is 1. The molecule has 2 rings (SSSR count). The van der Waals surface area contributed by atoms with Crippen molar-refractivity contribution in [2.75, 3.05) is 32.6 Å². The normalized spacial score (nSPS) is 16.3. The predicted molar refractivity (Wildman–Crippen MR) is 69.7 cm³/mol. The van der Waals surface area contributed by atoms with E-state index in [1.807, 2.05) is 13.1 Å². The number of aromatic nitrogens is 1. The molecule has 5 nitrogen and oxygen atoms in total. The fraction of sp³-hybridized carbons (Fsp3) is 0.538. The Morgan fingerprint density at radius 2 is 2.17 bits per heavy atom. The molecular weight excluding hydrogens is 230 g/mol. The number of carbonyl (C=O) groups excluding carboxylic acids is 1. The van der Waals surface area contributed by atoms with Gasteiger partial charge in [-0.15, -0.1) is 0 Å². The Morgan fingerprint density at radius 3 is 2.72 bits per heavy atom. The molecular formula is C13H19N3O2. The van der Waals surface area contributed by atoms with E-state index in [-0.39, 0.29) is 11.9 Å². The van der Waals surface area contributed by atoms with Crippen molar-refractivity contribution in [2.45, 2.75) is 18.9 Å². The molecule has 5 heteroatoms. The van der Waals surface area contributed by atoms with E-state index >= 15 is 0 Å². The molecule has 1 aliphatic heterocycles. The van der Waals surface area contributed by atoms with Gasteiger partial charge in [0.05, 0.1) is 5.56 Å². The predicted octanol–water partition coefficient (Wildman–Crippen LogP) is 1.37. The Labute approximate surface area is 107 Å². The maximum absolute atomic E-state index is 12.3. The Bertz CT molecular complexity index is 399. The van der Waals surface area contributed by atoms with Gasteiger partial charge in [-0.3, -0.25) is 4.79 Å². The van der Waals surface area contributed by atoms with Crippen LogP contribution in [0.3, 0.4) is 0 Å². The smallest absolute Gasteiger partial charge is 0.255 e. The summed E-state index contributed by atoms with van der Waals surface area (Å²) < 4.78 is 5.31. The zero-order valence-corrected chi connectivity index (χ0v) is 10.8. The van der Waals surface area contributed by atoms with Crippen LogP contribution in [0.2, 0.25) is 0 Å². The highest BCUT2D eigenvalue weighted by Gasteiger charge is 2.23. The van der Waals surface area contributed by atoms with Gasteiger partial charge in [-0.05, 0) is 25.0 Å². The van der Waals surface area contributed by atoms with E-state index in [2.05, 4.69) is 10.3 Å². The summed E-state index contributed by atoms with van der Waals surface area (Å²) in [4.78, 5) is 18.2. The Hall–Kier alpha value is -1.62. The minimum atomic E-state index is 0.0250. The lowest BCUT2D eigenvalue weighted by molar-refractivity contribution is 0.0362. The third-order valence-corrected chi connectivity index (χ3v) is 3.33. The second kappa shape index (κ2) is 5.82. The first-order chi connectivity index (χ1) is 8.72. The molecule has 0 saturated carbocycles. The Kier molecular flexibility index (Phi) is 4.15. The average molecular weight is 249 g/mol. The van der Waals surface area contributed by atoms with Gasteiger partial charge in [-0.25, -0.2) is 4.98 Å². The highest BCUT2D eigenvalue weighted by Crippen LogP contribution is 2.16. The number of rotatable bonds is 3. The van der Waals surface area contributed by atoms with Crippen molar-refractivity contribution in [3.05, 3.63) is 23.9 Å². The second-order valence-corrected chi connectivity index (χ2v) is 4.44. The van der Waals surface area contributed by atoms with Crippen molar-refractivity contribution in [2.24, 2.45) is 0 Å². The molecule has 1 amide bonds. The molecule has 0 atom stereocenters. The zero-order valence-electron chi connectivity index (χ0n) is 10.8. The molecule has 1 N–H and O–H groups in total. The van der Waals surface area contributed by atoms with Crippen LogP contribution in [0.25, 0.3) is 0 Å². The average Bonchev–Trinajstić information content (AvgIpc) is 2.47. The minimum Gasteiger partial charge on any atom is -0.381 e. The van der Waals surface area contributed by atoms with E-state index < -0.39 is 0 Å². The second-order valence-electron chi connectivity index (χ2n) is 4.44. The van der Waals surface area contributed by atoms with E-state index in [1.165, 1.54) is 0 Å². The summed E-state index contributed by atoms with van der Waals surface area (Å²) in [6.07, 6.45) is 3.43. The summed E-state index contributed by atoms with van der Waals surface area (Å²) in [6.45, 7) is 1.47. The van der Waals surface area contributed by atoms with Crippen LogP contribution in [0, 0.1) is 0 Å². The van der Waals surface area contributed by atoms with Crippen LogP contribution in [0.5, 0.6) is 0 Å². The van der Waals surface area contributed by atoms with Crippen molar-refractivity contribution in [1.82, 2.24) is 9.88 Å². The van der Waals surface area contributed by atoms with E-state index in [9.17, 15) is 4.79 Å². The van der Waals surface area contributed by atoms with Crippen molar-refractivity contribution in [3.63, 3.8) is 0 Å². The van der Waals surface area contributed by atoms with Gasteiger partial charge in [-0.1, -0.05) is 0 Å². The number of ether oxygens (including phenoxy) is 1. The molecule has 2 heterocycles. The third kappa shape index (κ3) is 2.79. The monoisotopic (exact) mass is 249 g/mol. The van der Waals surface area contributed by atoms with Crippen LogP contribution in [0.15, 0.2) is 18.3 Å². The largest absolute Gasteiger partial charge is 0.381 e. The molecule has 1 saturated heterocycles. The summed E-state index contributed by atoms with van der Waals surface area (Å²) in [5.74, 6) is 0.789. The van der Waals surface area contributed by atoms with Crippen molar-refractivity contribution in [3.8, 4) is 0 Å². The van der Waals surface area contributed by atoms with E-state index in [0.29, 0.717) is 5.56 Å². The van der Waals surface area contributed by atoms with Gasteiger partial charge in [-0.2, -0.15) is 0 Å². The number of amides is 1. The lowest BCUT2D eigenvalue weighted by Crippen LogP contribution is -2.40. The van der Waals surface area contributed by atoms with Crippen molar-refractivity contribution >= 4 is 11.7 Å². The van der Waals surface area contributed by atoms with Crippen LogP contribution in [0.4, 0.5) is 5.82 Å².